The van der Waals surface area contributed by atoms with Crippen molar-refractivity contribution in [2.24, 2.45) is 5.41 Å². The van der Waals surface area contributed by atoms with Gasteiger partial charge in [-0.15, -0.1) is 0 Å². The van der Waals surface area contributed by atoms with Gasteiger partial charge in [-0.2, -0.15) is 0 Å². The van der Waals surface area contributed by atoms with Crippen LogP contribution >= 0.6 is 0 Å². The van der Waals surface area contributed by atoms with Crippen molar-refractivity contribution in [1.82, 2.24) is 0 Å². The minimum Gasteiger partial charge on any atom is -0.0881 e. The van der Waals surface area contributed by atoms with E-state index in [0.29, 0.717) is 5.41 Å². The average Bonchev–Trinajstić information content (AvgIpc) is 2.19. The molecule has 0 spiro atoms. The Labute approximate surface area is 89.0 Å². The highest BCUT2D eigenvalue weighted by Gasteiger charge is 2.15. The molecule has 0 N–H and O–H groups in total. The van der Waals surface area contributed by atoms with Gasteiger partial charge in [0.15, 0.2) is 0 Å². The van der Waals surface area contributed by atoms with Crippen molar-refractivity contribution in [3.8, 4) is 0 Å². The SMILES string of the molecule is C[B]c1ccc(CC(C)(C)CC)cc1. The molecule has 0 fully saturated rings. The minimum absolute atomic E-state index is 0.428. The number of hydrogen-bond donors (Lipinski definition) is 0. The Bertz CT molecular complexity index is 272. The smallest absolute Gasteiger partial charge is 0.0881 e. The van der Waals surface area contributed by atoms with Gasteiger partial charge in [0, 0.05) is 0 Å². The van der Waals surface area contributed by atoms with Crippen LogP contribution in [-0.2, 0) is 6.42 Å². The third kappa shape index (κ3) is 3.21. The molecular formula is C13H20B. The monoisotopic (exact) mass is 187 g/mol. The summed E-state index contributed by atoms with van der Waals surface area (Å²) in [7, 11) is 2.13. The fourth-order valence-corrected chi connectivity index (χ4v) is 1.51. The predicted octanol–water partition coefficient (Wildman–Crippen LogP) is 3.04. The molecule has 0 heterocycles. The lowest BCUT2D eigenvalue weighted by molar-refractivity contribution is 0.349. The second-order valence-electron chi connectivity index (χ2n) is 4.72. The zero-order chi connectivity index (χ0) is 10.6. The van der Waals surface area contributed by atoms with Crippen LogP contribution in [0.1, 0.15) is 32.8 Å². The largest absolute Gasteiger partial charge is 0.148 e. The Kier molecular flexibility index (Phi) is 3.80. The van der Waals surface area contributed by atoms with Gasteiger partial charge in [-0.3, -0.25) is 0 Å². The second-order valence-corrected chi connectivity index (χ2v) is 4.72. The van der Waals surface area contributed by atoms with Crippen LogP contribution in [0.4, 0.5) is 0 Å². The highest BCUT2D eigenvalue weighted by molar-refractivity contribution is 6.51. The van der Waals surface area contributed by atoms with Crippen molar-refractivity contribution in [3.63, 3.8) is 0 Å². The molecule has 0 bridgehead atoms. The van der Waals surface area contributed by atoms with E-state index in [1.165, 1.54) is 23.9 Å². The third-order valence-corrected chi connectivity index (χ3v) is 2.95. The molecule has 1 heteroatoms. The number of hydrogen-bond acceptors (Lipinski definition) is 0. The van der Waals surface area contributed by atoms with Crippen molar-refractivity contribution in [3.05, 3.63) is 29.8 Å². The quantitative estimate of drug-likeness (QED) is 0.635. The van der Waals surface area contributed by atoms with Gasteiger partial charge < -0.3 is 0 Å². The summed E-state index contributed by atoms with van der Waals surface area (Å²) in [6.07, 6.45) is 2.40. The first kappa shape index (κ1) is 11.4. The lowest BCUT2D eigenvalue weighted by Gasteiger charge is -2.22. The first-order chi connectivity index (χ1) is 6.57. The lowest BCUT2D eigenvalue weighted by Crippen LogP contribution is -2.15. The summed E-state index contributed by atoms with van der Waals surface area (Å²) >= 11 is 0. The fraction of sp³-hybridized carbons (Fsp3) is 0.538. The van der Waals surface area contributed by atoms with Crippen molar-refractivity contribution >= 4 is 12.7 Å². The van der Waals surface area contributed by atoms with E-state index in [0.717, 1.165) is 0 Å². The first-order valence-corrected chi connectivity index (χ1v) is 5.46. The Morgan fingerprint density at radius 2 is 1.71 bits per heavy atom. The van der Waals surface area contributed by atoms with Gasteiger partial charge in [-0.25, -0.2) is 0 Å². The summed E-state index contributed by atoms with van der Waals surface area (Å²) in [5.41, 5.74) is 3.18. The van der Waals surface area contributed by atoms with E-state index in [1.54, 1.807) is 0 Å². The highest BCUT2D eigenvalue weighted by Crippen LogP contribution is 2.24. The standard InChI is InChI=1S/C13H20B/c1-5-13(2,3)10-11-6-8-12(14-4)9-7-11/h6-9H,5,10H2,1-4H3. The van der Waals surface area contributed by atoms with E-state index >= 15 is 0 Å². The molecular weight excluding hydrogens is 167 g/mol. The molecule has 0 atom stereocenters. The van der Waals surface area contributed by atoms with Gasteiger partial charge in [0.25, 0.3) is 0 Å². The zero-order valence-corrected chi connectivity index (χ0v) is 9.80. The zero-order valence-electron chi connectivity index (χ0n) is 9.80. The number of rotatable bonds is 4. The molecule has 1 aromatic carbocycles. The molecule has 0 amide bonds. The summed E-state index contributed by atoms with van der Waals surface area (Å²) in [5.74, 6) is 0. The minimum atomic E-state index is 0.428. The predicted molar refractivity (Wildman–Crippen MR) is 65.5 cm³/mol. The van der Waals surface area contributed by atoms with Crippen molar-refractivity contribution in [1.29, 1.82) is 0 Å². The van der Waals surface area contributed by atoms with E-state index in [-0.39, 0.29) is 0 Å². The molecule has 75 valence electrons. The summed E-state index contributed by atoms with van der Waals surface area (Å²) in [5, 5.41) is 0. The Hall–Kier alpha value is -0.715. The van der Waals surface area contributed by atoms with Crippen LogP contribution < -0.4 is 5.46 Å². The second kappa shape index (κ2) is 4.68. The molecule has 0 aliphatic carbocycles. The van der Waals surface area contributed by atoms with Crippen LogP contribution in [0.3, 0.4) is 0 Å². The summed E-state index contributed by atoms with van der Waals surface area (Å²) < 4.78 is 0. The van der Waals surface area contributed by atoms with Crippen molar-refractivity contribution in [2.75, 3.05) is 0 Å². The number of benzene rings is 1. The van der Waals surface area contributed by atoms with Gasteiger partial charge in [0.05, 0.1) is 0 Å². The molecule has 0 nitrogen and oxygen atoms in total. The maximum Gasteiger partial charge on any atom is 0.148 e. The van der Waals surface area contributed by atoms with Crippen LogP contribution in [0.15, 0.2) is 24.3 Å². The maximum atomic E-state index is 2.33. The lowest BCUT2D eigenvalue weighted by atomic mass is 9.73. The van der Waals surface area contributed by atoms with E-state index in [4.69, 9.17) is 0 Å². The summed E-state index contributed by atoms with van der Waals surface area (Å²) in [4.78, 5) is 0. The van der Waals surface area contributed by atoms with Gasteiger partial charge in [0.2, 0.25) is 0 Å². The van der Waals surface area contributed by atoms with Crippen LogP contribution in [0.5, 0.6) is 0 Å². The van der Waals surface area contributed by atoms with E-state index in [2.05, 4.69) is 59.1 Å². The normalized spacial score (nSPS) is 11.4. The summed E-state index contributed by atoms with van der Waals surface area (Å²) in [6, 6.07) is 8.88. The molecule has 0 aromatic heterocycles. The average molecular weight is 187 g/mol. The van der Waals surface area contributed by atoms with Gasteiger partial charge in [0.1, 0.15) is 7.28 Å². The van der Waals surface area contributed by atoms with Crippen molar-refractivity contribution in [2.45, 2.75) is 40.4 Å². The molecule has 1 rings (SSSR count). The first-order valence-electron chi connectivity index (χ1n) is 5.46. The van der Waals surface area contributed by atoms with Gasteiger partial charge in [-0.05, 0) is 17.4 Å². The van der Waals surface area contributed by atoms with Gasteiger partial charge >= 0.3 is 0 Å². The molecule has 0 aliphatic rings. The molecule has 0 saturated carbocycles. The third-order valence-electron chi connectivity index (χ3n) is 2.95. The Balaban J connectivity index is 2.69. The Morgan fingerprint density at radius 1 is 1.14 bits per heavy atom. The molecule has 0 aliphatic heterocycles. The van der Waals surface area contributed by atoms with Crippen LogP contribution in [0, 0.1) is 5.41 Å². The van der Waals surface area contributed by atoms with E-state index in [9.17, 15) is 0 Å². The van der Waals surface area contributed by atoms with E-state index < -0.39 is 0 Å². The fourth-order valence-electron chi connectivity index (χ4n) is 1.51. The molecule has 1 radical (unpaired) electrons. The maximum absolute atomic E-state index is 2.33. The van der Waals surface area contributed by atoms with Crippen molar-refractivity contribution < 1.29 is 0 Å². The van der Waals surface area contributed by atoms with Crippen LogP contribution in [0.2, 0.25) is 6.82 Å². The Morgan fingerprint density at radius 3 is 2.14 bits per heavy atom. The van der Waals surface area contributed by atoms with Crippen LogP contribution in [0.25, 0.3) is 0 Å². The molecule has 0 saturated heterocycles. The van der Waals surface area contributed by atoms with E-state index in [1.807, 2.05) is 0 Å². The summed E-state index contributed by atoms with van der Waals surface area (Å²) in [6.45, 7) is 8.99. The van der Waals surface area contributed by atoms with Gasteiger partial charge in [-0.1, -0.05) is 63.7 Å². The van der Waals surface area contributed by atoms with Crippen LogP contribution in [-0.4, -0.2) is 7.28 Å². The molecule has 14 heavy (non-hydrogen) atoms. The highest BCUT2D eigenvalue weighted by atomic mass is 14.2. The molecule has 1 aromatic rings. The molecule has 0 unspecified atom stereocenters. The topological polar surface area (TPSA) is 0 Å².